The third-order valence-corrected chi connectivity index (χ3v) is 8.47. The lowest BCUT2D eigenvalue weighted by atomic mass is 9.68. The lowest BCUT2D eigenvalue weighted by molar-refractivity contribution is 0.0739. The van der Waals surface area contributed by atoms with Crippen LogP contribution in [0.3, 0.4) is 0 Å². The number of alkyl halides is 2. The molecule has 0 aromatic rings. The number of hydrogen-bond acceptors (Lipinski definition) is 0. The molecule has 0 aliphatic heterocycles. The number of hydrogen-bond donors (Lipinski definition) is 0. The molecule has 2 atom stereocenters. The zero-order valence-electron chi connectivity index (χ0n) is 19.0. The van der Waals surface area contributed by atoms with E-state index in [1.807, 2.05) is 6.92 Å². The fraction of sp³-hybridized carbons (Fsp3) is 0.926. The lowest BCUT2D eigenvalue weighted by Gasteiger charge is -2.37. The minimum Gasteiger partial charge on any atom is -0.246 e. The van der Waals surface area contributed by atoms with Crippen molar-refractivity contribution in [3.05, 3.63) is 0 Å². The Morgan fingerprint density at radius 1 is 0.690 bits per heavy atom. The van der Waals surface area contributed by atoms with Crippen molar-refractivity contribution in [2.75, 3.05) is 0 Å². The van der Waals surface area contributed by atoms with Crippen molar-refractivity contribution in [2.24, 2.45) is 35.5 Å². The summed E-state index contributed by atoms with van der Waals surface area (Å²) in [5.74, 6) is 9.09. The minimum atomic E-state index is -1.07. The monoisotopic (exact) mass is 406 g/mol. The van der Waals surface area contributed by atoms with E-state index in [2.05, 4.69) is 18.8 Å². The standard InChI is InChI=1S/C27H44F2/c1-3-5-6-7-21-8-13-23(14-9-21)24-15-10-22(11-16-24)12-17-25-26(28)18-20(4-2)19-27(25)29/h20-27H,3-11,13-16,18-19H2,1-2H3. The smallest absolute Gasteiger partial charge is 0.117 e. The summed E-state index contributed by atoms with van der Waals surface area (Å²) >= 11 is 0. The van der Waals surface area contributed by atoms with Gasteiger partial charge >= 0.3 is 0 Å². The van der Waals surface area contributed by atoms with Crippen LogP contribution in [0.25, 0.3) is 0 Å². The molecule has 2 heteroatoms. The highest BCUT2D eigenvalue weighted by Crippen LogP contribution is 2.42. The van der Waals surface area contributed by atoms with Crippen molar-refractivity contribution in [3.63, 3.8) is 0 Å². The molecule has 3 rings (SSSR count). The normalized spacial score (nSPS) is 40.8. The van der Waals surface area contributed by atoms with Gasteiger partial charge in [-0.2, -0.15) is 0 Å². The van der Waals surface area contributed by atoms with Crippen LogP contribution in [-0.4, -0.2) is 12.3 Å². The fourth-order valence-corrected chi connectivity index (χ4v) is 6.35. The summed E-state index contributed by atoms with van der Waals surface area (Å²) in [6.07, 6.45) is 16.0. The van der Waals surface area contributed by atoms with Gasteiger partial charge in [0.15, 0.2) is 0 Å². The van der Waals surface area contributed by atoms with Crippen LogP contribution in [0.5, 0.6) is 0 Å². The topological polar surface area (TPSA) is 0 Å². The van der Waals surface area contributed by atoms with Crippen molar-refractivity contribution in [2.45, 2.75) is 123 Å². The third-order valence-electron chi connectivity index (χ3n) is 8.47. The second-order valence-corrected chi connectivity index (χ2v) is 10.5. The van der Waals surface area contributed by atoms with E-state index in [1.54, 1.807) is 0 Å². The molecule has 0 amide bonds. The zero-order valence-corrected chi connectivity index (χ0v) is 19.0. The van der Waals surface area contributed by atoms with E-state index in [1.165, 1.54) is 64.2 Å². The zero-order chi connectivity index (χ0) is 20.6. The van der Waals surface area contributed by atoms with E-state index in [9.17, 15) is 8.78 Å². The summed E-state index contributed by atoms with van der Waals surface area (Å²) in [7, 11) is 0. The van der Waals surface area contributed by atoms with Gasteiger partial charge in [-0.05, 0) is 75.0 Å². The molecule has 3 aliphatic carbocycles. The average Bonchev–Trinajstić information content (AvgIpc) is 2.74. The molecule has 0 radical (unpaired) electrons. The number of unbranched alkanes of at least 4 members (excludes halogenated alkanes) is 2. The molecule has 0 N–H and O–H groups in total. The molecular formula is C27H44F2. The Balaban J connectivity index is 1.39. The molecule has 0 spiro atoms. The Bertz CT molecular complexity index is 504. The molecule has 29 heavy (non-hydrogen) atoms. The molecule has 0 heterocycles. The van der Waals surface area contributed by atoms with E-state index in [4.69, 9.17) is 0 Å². The Hall–Kier alpha value is -0.580. The predicted molar refractivity (Wildman–Crippen MR) is 119 cm³/mol. The predicted octanol–water partition coefficient (Wildman–Crippen LogP) is 8.30. The summed E-state index contributed by atoms with van der Waals surface area (Å²) < 4.78 is 28.8. The first-order chi connectivity index (χ1) is 14.1. The minimum absolute atomic E-state index is 0.204. The van der Waals surface area contributed by atoms with Crippen molar-refractivity contribution in [1.29, 1.82) is 0 Å². The van der Waals surface area contributed by atoms with Gasteiger partial charge in [-0.15, -0.1) is 0 Å². The van der Waals surface area contributed by atoms with E-state index in [0.29, 0.717) is 18.8 Å². The molecule has 3 saturated carbocycles. The Labute approximate surface area is 179 Å². The van der Waals surface area contributed by atoms with Crippen LogP contribution in [0.1, 0.15) is 110 Å². The van der Waals surface area contributed by atoms with Gasteiger partial charge in [0, 0.05) is 5.92 Å². The van der Waals surface area contributed by atoms with Crippen LogP contribution >= 0.6 is 0 Å². The largest absolute Gasteiger partial charge is 0.246 e. The van der Waals surface area contributed by atoms with Crippen LogP contribution in [-0.2, 0) is 0 Å². The van der Waals surface area contributed by atoms with Gasteiger partial charge in [0.05, 0.1) is 5.92 Å². The average molecular weight is 407 g/mol. The van der Waals surface area contributed by atoms with Crippen LogP contribution in [0, 0.1) is 47.3 Å². The second kappa shape index (κ2) is 11.7. The summed E-state index contributed by atoms with van der Waals surface area (Å²) in [6, 6.07) is 0. The molecule has 3 aliphatic rings. The molecular weight excluding hydrogens is 362 g/mol. The van der Waals surface area contributed by atoms with Gasteiger partial charge in [-0.25, -0.2) is 8.78 Å². The van der Waals surface area contributed by atoms with E-state index < -0.39 is 18.3 Å². The highest BCUT2D eigenvalue weighted by atomic mass is 19.1. The highest BCUT2D eigenvalue weighted by Gasteiger charge is 2.37. The molecule has 3 fully saturated rings. The SMILES string of the molecule is CCCCCC1CCC(C2CCC(C#CC3C(F)CC(CC)CC3F)CC2)CC1. The number of halogens is 2. The first kappa shape index (κ1) is 23.1. The van der Waals surface area contributed by atoms with Gasteiger partial charge < -0.3 is 0 Å². The quantitative estimate of drug-likeness (QED) is 0.307. The third kappa shape index (κ3) is 6.70. The summed E-state index contributed by atoms with van der Waals surface area (Å²) in [6.45, 7) is 4.33. The summed E-state index contributed by atoms with van der Waals surface area (Å²) in [4.78, 5) is 0. The molecule has 0 aromatic carbocycles. The summed E-state index contributed by atoms with van der Waals surface area (Å²) in [5.41, 5.74) is 0. The molecule has 0 saturated heterocycles. The first-order valence-corrected chi connectivity index (χ1v) is 12.9. The van der Waals surface area contributed by atoms with Gasteiger partial charge in [0.1, 0.15) is 12.3 Å². The van der Waals surface area contributed by atoms with Gasteiger partial charge in [-0.3, -0.25) is 0 Å². The summed E-state index contributed by atoms with van der Waals surface area (Å²) in [5, 5.41) is 0. The maximum absolute atomic E-state index is 14.4. The lowest BCUT2D eigenvalue weighted by Crippen LogP contribution is -2.34. The van der Waals surface area contributed by atoms with Crippen LogP contribution in [0.4, 0.5) is 8.78 Å². The van der Waals surface area contributed by atoms with Gasteiger partial charge in [0.2, 0.25) is 0 Å². The van der Waals surface area contributed by atoms with Crippen molar-refractivity contribution < 1.29 is 8.78 Å². The number of rotatable bonds is 6. The van der Waals surface area contributed by atoms with Crippen LogP contribution in [0.15, 0.2) is 0 Å². The molecule has 0 aromatic heterocycles. The fourth-order valence-electron chi connectivity index (χ4n) is 6.35. The molecule has 0 nitrogen and oxygen atoms in total. The van der Waals surface area contributed by atoms with E-state index in [0.717, 1.165) is 37.0 Å². The maximum Gasteiger partial charge on any atom is 0.117 e. The Kier molecular flexibility index (Phi) is 9.33. The maximum atomic E-state index is 14.4. The van der Waals surface area contributed by atoms with E-state index >= 15 is 0 Å². The Morgan fingerprint density at radius 3 is 1.83 bits per heavy atom. The van der Waals surface area contributed by atoms with Gasteiger partial charge in [0.25, 0.3) is 0 Å². The van der Waals surface area contributed by atoms with Crippen molar-refractivity contribution >= 4 is 0 Å². The first-order valence-electron chi connectivity index (χ1n) is 12.9. The second-order valence-electron chi connectivity index (χ2n) is 10.5. The molecule has 166 valence electrons. The van der Waals surface area contributed by atoms with Crippen LogP contribution < -0.4 is 0 Å². The molecule has 2 unspecified atom stereocenters. The van der Waals surface area contributed by atoms with Crippen molar-refractivity contribution in [1.82, 2.24) is 0 Å². The molecule has 0 bridgehead atoms. The highest BCUT2D eigenvalue weighted by molar-refractivity contribution is 5.13. The van der Waals surface area contributed by atoms with Gasteiger partial charge in [-0.1, -0.05) is 70.6 Å². The van der Waals surface area contributed by atoms with Crippen LogP contribution in [0.2, 0.25) is 0 Å². The van der Waals surface area contributed by atoms with Crippen molar-refractivity contribution in [3.8, 4) is 11.8 Å². The Morgan fingerprint density at radius 2 is 1.28 bits per heavy atom. The van der Waals surface area contributed by atoms with E-state index in [-0.39, 0.29) is 5.92 Å².